The molecule has 1 aromatic heterocycles. The van der Waals surface area contributed by atoms with Gasteiger partial charge in [0.1, 0.15) is 5.82 Å². The molecule has 1 aromatic carbocycles. The van der Waals surface area contributed by atoms with Crippen LogP contribution in [0.15, 0.2) is 42.7 Å². The fourth-order valence-corrected chi connectivity index (χ4v) is 5.54. The highest BCUT2D eigenvalue weighted by Crippen LogP contribution is 2.25. The molecular formula is C29H36Cl2N4O2. The van der Waals surface area contributed by atoms with Crippen molar-refractivity contribution in [1.29, 1.82) is 0 Å². The maximum Gasteiger partial charge on any atom is 0.253 e. The second-order valence-corrected chi connectivity index (χ2v) is 11.0. The van der Waals surface area contributed by atoms with Crippen LogP contribution in [0.25, 0.3) is 0 Å². The number of halogens is 2. The first kappa shape index (κ1) is 27.5. The predicted octanol–water partition coefficient (Wildman–Crippen LogP) is 6.31. The van der Waals surface area contributed by atoms with Crippen LogP contribution in [0.5, 0.6) is 0 Å². The van der Waals surface area contributed by atoms with Gasteiger partial charge in [0, 0.05) is 49.4 Å². The molecule has 0 radical (unpaired) electrons. The highest BCUT2D eigenvalue weighted by molar-refractivity contribution is 6.33. The summed E-state index contributed by atoms with van der Waals surface area (Å²) in [4.78, 5) is 30.0. The highest BCUT2D eigenvalue weighted by Gasteiger charge is 2.21. The molecule has 2 amide bonds. The van der Waals surface area contributed by atoms with E-state index in [9.17, 15) is 9.59 Å². The van der Waals surface area contributed by atoms with E-state index in [-0.39, 0.29) is 23.8 Å². The molecule has 2 saturated carbocycles. The number of carbonyl (C=O) groups excluding carboxylic acids is 2. The Kier molecular flexibility index (Phi) is 9.87. The van der Waals surface area contributed by atoms with Gasteiger partial charge in [-0.3, -0.25) is 9.59 Å². The van der Waals surface area contributed by atoms with E-state index in [0.29, 0.717) is 28.6 Å². The molecule has 0 unspecified atom stereocenters. The Hall–Kier alpha value is -2.57. The van der Waals surface area contributed by atoms with Crippen molar-refractivity contribution in [3.05, 3.63) is 75.3 Å². The lowest BCUT2D eigenvalue weighted by atomic mass is 9.88. The molecule has 0 aliphatic heterocycles. The summed E-state index contributed by atoms with van der Waals surface area (Å²) in [5.74, 6) is 0.848. The van der Waals surface area contributed by atoms with Crippen molar-refractivity contribution in [2.45, 2.75) is 76.8 Å². The van der Waals surface area contributed by atoms with Crippen molar-refractivity contribution >= 4 is 35.0 Å². The summed E-state index contributed by atoms with van der Waals surface area (Å²) in [5.41, 5.74) is 2.31. The SMILES string of the molecule is Cn1ccc(Cl)c(C(=O)NC2CCCC2)ccnc1Cc1cc(CNC(=O)C2CCCCC2)ccc1Cl. The molecule has 2 aliphatic carbocycles. The maximum atomic E-state index is 12.8. The molecule has 6 nitrogen and oxygen atoms in total. The van der Waals surface area contributed by atoms with Crippen LogP contribution in [0.2, 0.25) is 10.0 Å². The fraction of sp³-hybridized carbons (Fsp3) is 0.483. The molecule has 2 fully saturated rings. The maximum absolute atomic E-state index is 12.8. The second-order valence-electron chi connectivity index (χ2n) is 10.2. The first-order valence-electron chi connectivity index (χ1n) is 13.3. The third-order valence-corrected chi connectivity index (χ3v) is 8.11. The van der Waals surface area contributed by atoms with Gasteiger partial charge >= 0.3 is 0 Å². The minimum Gasteiger partial charge on any atom is -0.352 e. The van der Waals surface area contributed by atoms with Gasteiger partial charge in [0.15, 0.2) is 0 Å². The third kappa shape index (κ3) is 7.71. The zero-order valence-electron chi connectivity index (χ0n) is 21.4. The van der Waals surface area contributed by atoms with Crippen LogP contribution in [0.1, 0.15) is 85.1 Å². The van der Waals surface area contributed by atoms with E-state index < -0.39 is 0 Å². The Morgan fingerprint density at radius 3 is 2.46 bits per heavy atom. The van der Waals surface area contributed by atoms with Crippen molar-refractivity contribution in [3.8, 4) is 0 Å². The van der Waals surface area contributed by atoms with Crippen LogP contribution in [-0.4, -0.2) is 27.4 Å². The lowest BCUT2D eigenvalue weighted by molar-refractivity contribution is -0.126. The van der Waals surface area contributed by atoms with Crippen molar-refractivity contribution in [1.82, 2.24) is 20.2 Å². The topological polar surface area (TPSA) is 76.0 Å². The van der Waals surface area contributed by atoms with Gasteiger partial charge in [-0.05, 0) is 55.0 Å². The quantitative estimate of drug-likeness (QED) is 0.430. The minimum absolute atomic E-state index is 0.131. The number of aromatic nitrogens is 2. The Bertz CT molecular complexity index is 1170. The number of hydrogen-bond acceptors (Lipinski definition) is 3. The van der Waals surface area contributed by atoms with Gasteiger partial charge in [-0.2, -0.15) is 0 Å². The number of amides is 2. The zero-order chi connectivity index (χ0) is 26.2. The van der Waals surface area contributed by atoms with Gasteiger partial charge in [-0.15, -0.1) is 0 Å². The molecule has 1 heterocycles. The molecule has 2 aliphatic rings. The molecule has 4 rings (SSSR count). The summed E-state index contributed by atoms with van der Waals surface area (Å²) < 4.78 is 1.87. The van der Waals surface area contributed by atoms with Crippen molar-refractivity contribution in [2.75, 3.05) is 0 Å². The van der Waals surface area contributed by atoms with Gasteiger partial charge < -0.3 is 15.2 Å². The number of rotatable bonds is 7. The molecule has 2 N–H and O–H groups in total. The number of hydrogen-bond donors (Lipinski definition) is 2. The largest absolute Gasteiger partial charge is 0.352 e. The van der Waals surface area contributed by atoms with E-state index in [1.165, 1.54) is 6.42 Å². The Balaban J connectivity index is 1.49. The van der Waals surface area contributed by atoms with E-state index in [2.05, 4.69) is 15.6 Å². The van der Waals surface area contributed by atoms with Crippen LogP contribution in [-0.2, 0) is 24.8 Å². The average Bonchev–Trinajstić information content (AvgIpc) is 3.43. The number of benzene rings is 1. The van der Waals surface area contributed by atoms with Crippen molar-refractivity contribution < 1.29 is 9.59 Å². The van der Waals surface area contributed by atoms with Crippen LogP contribution < -0.4 is 10.6 Å². The molecule has 0 bridgehead atoms. The van der Waals surface area contributed by atoms with E-state index >= 15 is 0 Å². The van der Waals surface area contributed by atoms with Crippen LogP contribution in [0.4, 0.5) is 0 Å². The average molecular weight is 544 g/mol. The van der Waals surface area contributed by atoms with Gasteiger partial charge in [-0.25, -0.2) is 4.98 Å². The van der Waals surface area contributed by atoms with Gasteiger partial charge in [0.2, 0.25) is 5.91 Å². The second kappa shape index (κ2) is 13.3. The predicted molar refractivity (Wildman–Crippen MR) is 148 cm³/mol. The van der Waals surface area contributed by atoms with Crippen LogP contribution in [0.3, 0.4) is 0 Å². The third-order valence-electron chi connectivity index (χ3n) is 7.41. The van der Waals surface area contributed by atoms with Gasteiger partial charge in [0.05, 0.1) is 10.6 Å². The van der Waals surface area contributed by atoms with Crippen molar-refractivity contribution in [3.63, 3.8) is 0 Å². The van der Waals surface area contributed by atoms with E-state index in [0.717, 1.165) is 68.3 Å². The molecule has 37 heavy (non-hydrogen) atoms. The van der Waals surface area contributed by atoms with Crippen LogP contribution in [0, 0.1) is 5.92 Å². The van der Waals surface area contributed by atoms with Crippen LogP contribution >= 0.6 is 23.2 Å². The summed E-state index contributed by atoms with van der Waals surface area (Å²) in [7, 11) is 1.89. The van der Waals surface area contributed by atoms with Gasteiger partial charge in [0.25, 0.3) is 5.91 Å². The van der Waals surface area contributed by atoms with E-state index in [4.69, 9.17) is 23.2 Å². The number of nitrogens with one attached hydrogen (secondary N) is 2. The Labute approximate surface area is 229 Å². The monoisotopic (exact) mass is 542 g/mol. The summed E-state index contributed by atoms with van der Waals surface area (Å²) in [6.07, 6.45) is 13.7. The van der Waals surface area contributed by atoms with E-state index in [1.54, 1.807) is 24.5 Å². The number of aryl methyl sites for hydroxylation is 1. The summed E-state index contributed by atoms with van der Waals surface area (Å²) in [6, 6.07) is 9.42. The Morgan fingerprint density at radius 2 is 1.70 bits per heavy atom. The number of nitrogens with zero attached hydrogens (tertiary/aromatic N) is 2. The first-order valence-corrected chi connectivity index (χ1v) is 14.1. The lowest BCUT2D eigenvalue weighted by Gasteiger charge is -2.20. The van der Waals surface area contributed by atoms with Gasteiger partial charge in [-0.1, -0.05) is 67.4 Å². The Morgan fingerprint density at radius 1 is 0.973 bits per heavy atom. The molecule has 0 spiro atoms. The van der Waals surface area contributed by atoms with E-state index in [1.807, 2.05) is 29.8 Å². The summed E-state index contributed by atoms with van der Waals surface area (Å²) in [6.45, 7) is 0.473. The normalized spacial score (nSPS) is 16.3. The molecule has 0 atom stereocenters. The summed E-state index contributed by atoms with van der Waals surface area (Å²) in [5, 5.41) is 7.19. The molecule has 0 saturated heterocycles. The molecule has 8 heteroatoms. The summed E-state index contributed by atoms with van der Waals surface area (Å²) >= 11 is 13.0. The fourth-order valence-electron chi connectivity index (χ4n) is 5.15. The standard InChI is InChI=1S/C29H36Cl2N4O2/c1-35-16-14-26(31)24(29(37)34-23-9-5-6-10-23)13-15-32-27(35)18-22-17-20(11-12-25(22)30)19-33-28(36)21-7-3-2-4-8-21/h11-17,21,23H,2-10,18-19H2,1H3,(H,33,36)(H,34,37). The van der Waals surface area contributed by atoms with Crippen molar-refractivity contribution in [2.24, 2.45) is 13.0 Å². The first-order chi connectivity index (χ1) is 17.9. The highest BCUT2D eigenvalue weighted by atomic mass is 35.5. The minimum atomic E-state index is -0.176. The lowest BCUT2D eigenvalue weighted by Crippen LogP contribution is -2.32. The smallest absolute Gasteiger partial charge is 0.253 e. The molecular weight excluding hydrogens is 507 g/mol. The molecule has 198 valence electrons. The molecule has 2 aromatic rings. The number of carbonyl (C=O) groups is 2. The zero-order valence-corrected chi connectivity index (χ0v) is 23.0.